The number of pyridine rings is 1. The lowest BCUT2D eigenvalue weighted by Gasteiger charge is -2.27. The van der Waals surface area contributed by atoms with Crippen molar-refractivity contribution < 1.29 is 9.90 Å². The summed E-state index contributed by atoms with van der Waals surface area (Å²) in [5.41, 5.74) is -0.857. The van der Waals surface area contributed by atoms with Crippen LogP contribution < -0.4 is 5.32 Å². The van der Waals surface area contributed by atoms with E-state index in [0.29, 0.717) is 12.2 Å². The van der Waals surface area contributed by atoms with Crippen molar-refractivity contribution in [2.75, 3.05) is 12.3 Å². The first-order valence-corrected chi connectivity index (χ1v) is 7.43. The van der Waals surface area contributed by atoms with Gasteiger partial charge in [-0.05, 0) is 25.0 Å². The van der Waals surface area contributed by atoms with E-state index in [0.717, 1.165) is 5.03 Å². The smallest absolute Gasteiger partial charge is 0.220 e. The predicted molar refractivity (Wildman–Crippen MR) is 78.0 cm³/mol. The van der Waals surface area contributed by atoms with Crippen molar-refractivity contribution in [3.05, 3.63) is 24.4 Å². The molecule has 1 amide bonds. The van der Waals surface area contributed by atoms with Gasteiger partial charge in [0.25, 0.3) is 0 Å². The Kier molecular flexibility index (Phi) is 6.31. The first kappa shape index (κ1) is 16.0. The molecule has 0 bridgehead atoms. The van der Waals surface area contributed by atoms with Gasteiger partial charge in [-0.15, -0.1) is 11.8 Å². The lowest BCUT2D eigenvalue weighted by Crippen LogP contribution is -2.44. The molecule has 0 aromatic carbocycles. The third kappa shape index (κ3) is 6.07. The summed E-state index contributed by atoms with van der Waals surface area (Å²) in [5, 5.41) is 13.7. The highest BCUT2D eigenvalue weighted by Crippen LogP contribution is 2.16. The number of hydrogen-bond acceptors (Lipinski definition) is 4. The molecule has 5 heteroatoms. The standard InChI is InChI=1S/C14H22N2O2S/c1-11(2)14(3,18)10-16-12(17)7-9-19-13-6-4-5-8-15-13/h4-6,8,11,18H,7,9-10H2,1-3H3,(H,16,17)/t14-/m1/s1. The van der Waals surface area contributed by atoms with E-state index < -0.39 is 5.60 Å². The zero-order valence-electron chi connectivity index (χ0n) is 11.7. The molecule has 19 heavy (non-hydrogen) atoms. The number of rotatable bonds is 7. The van der Waals surface area contributed by atoms with Gasteiger partial charge in [-0.25, -0.2) is 4.98 Å². The second kappa shape index (κ2) is 7.50. The van der Waals surface area contributed by atoms with E-state index in [1.54, 1.807) is 24.9 Å². The van der Waals surface area contributed by atoms with Gasteiger partial charge in [0.05, 0.1) is 10.6 Å². The molecule has 1 aromatic rings. The van der Waals surface area contributed by atoms with Crippen LogP contribution in [0.25, 0.3) is 0 Å². The van der Waals surface area contributed by atoms with Crippen LogP contribution in [0.2, 0.25) is 0 Å². The molecule has 0 saturated carbocycles. The van der Waals surface area contributed by atoms with Gasteiger partial charge in [-0.2, -0.15) is 0 Å². The summed E-state index contributed by atoms with van der Waals surface area (Å²) in [6.45, 7) is 5.89. The molecule has 0 saturated heterocycles. The Morgan fingerprint density at radius 2 is 2.26 bits per heavy atom. The second-order valence-corrected chi connectivity index (χ2v) is 6.17. The third-order valence-corrected chi connectivity index (χ3v) is 4.05. The van der Waals surface area contributed by atoms with Crippen molar-refractivity contribution in [3.63, 3.8) is 0 Å². The molecule has 0 aliphatic rings. The number of hydrogen-bond donors (Lipinski definition) is 2. The van der Waals surface area contributed by atoms with Crippen LogP contribution in [-0.2, 0) is 4.79 Å². The van der Waals surface area contributed by atoms with Gasteiger partial charge in [0, 0.05) is 24.9 Å². The van der Waals surface area contributed by atoms with Crippen LogP contribution >= 0.6 is 11.8 Å². The molecule has 0 unspecified atom stereocenters. The topological polar surface area (TPSA) is 62.2 Å². The van der Waals surface area contributed by atoms with Gasteiger partial charge in [0.15, 0.2) is 0 Å². The van der Waals surface area contributed by atoms with Crippen molar-refractivity contribution in [3.8, 4) is 0 Å². The second-order valence-electron chi connectivity index (χ2n) is 5.06. The van der Waals surface area contributed by atoms with Gasteiger partial charge in [-0.3, -0.25) is 4.79 Å². The number of aromatic nitrogens is 1. The molecule has 2 N–H and O–H groups in total. The number of nitrogens with one attached hydrogen (secondary N) is 1. The minimum absolute atomic E-state index is 0.0376. The summed E-state index contributed by atoms with van der Waals surface area (Å²) in [4.78, 5) is 15.8. The predicted octanol–water partition coefficient (Wildman–Crippen LogP) is 2.09. The van der Waals surface area contributed by atoms with Crippen LogP contribution in [0.1, 0.15) is 27.2 Å². The lowest BCUT2D eigenvalue weighted by molar-refractivity contribution is -0.122. The highest BCUT2D eigenvalue weighted by atomic mass is 32.2. The Labute approximate surface area is 119 Å². The van der Waals surface area contributed by atoms with E-state index in [-0.39, 0.29) is 18.4 Å². The minimum Gasteiger partial charge on any atom is -0.388 e. The summed E-state index contributed by atoms with van der Waals surface area (Å²) in [7, 11) is 0. The monoisotopic (exact) mass is 282 g/mol. The number of amides is 1. The quantitative estimate of drug-likeness (QED) is 0.752. The van der Waals surface area contributed by atoms with E-state index in [4.69, 9.17) is 0 Å². The SMILES string of the molecule is CC(C)[C@](C)(O)CNC(=O)CCSc1ccccn1. The van der Waals surface area contributed by atoms with Crippen LogP contribution in [0.15, 0.2) is 29.4 Å². The Hall–Kier alpha value is -1.07. The average Bonchev–Trinajstić information content (AvgIpc) is 2.37. The molecule has 4 nitrogen and oxygen atoms in total. The fourth-order valence-electron chi connectivity index (χ4n) is 1.25. The first-order chi connectivity index (χ1) is 8.92. The zero-order chi connectivity index (χ0) is 14.3. The van der Waals surface area contributed by atoms with Gasteiger partial charge >= 0.3 is 0 Å². The molecule has 1 atom stereocenters. The van der Waals surface area contributed by atoms with Crippen molar-refractivity contribution in [2.24, 2.45) is 5.92 Å². The van der Waals surface area contributed by atoms with Crippen LogP contribution in [0.3, 0.4) is 0 Å². The molecule has 0 radical (unpaired) electrons. The van der Waals surface area contributed by atoms with Crippen LogP contribution in [-0.4, -0.2) is 33.9 Å². The first-order valence-electron chi connectivity index (χ1n) is 6.45. The largest absolute Gasteiger partial charge is 0.388 e. The summed E-state index contributed by atoms with van der Waals surface area (Å²) in [6.07, 6.45) is 2.16. The van der Waals surface area contributed by atoms with Crippen LogP contribution in [0, 0.1) is 5.92 Å². The van der Waals surface area contributed by atoms with Gasteiger partial charge in [0.1, 0.15) is 0 Å². The number of nitrogens with zero attached hydrogens (tertiary/aromatic N) is 1. The third-order valence-electron chi connectivity index (χ3n) is 3.10. The maximum absolute atomic E-state index is 11.6. The van der Waals surface area contributed by atoms with E-state index in [9.17, 15) is 9.90 Å². The maximum Gasteiger partial charge on any atom is 0.220 e. The molecular weight excluding hydrogens is 260 g/mol. The molecule has 0 aliphatic carbocycles. The fraction of sp³-hybridized carbons (Fsp3) is 0.571. The molecule has 0 spiro atoms. The van der Waals surface area contributed by atoms with E-state index >= 15 is 0 Å². The maximum atomic E-state index is 11.6. The molecule has 1 heterocycles. The lowest BCUT2D eigenvalue weighted by atomic mass is 9.92. The normalized spacial score (nSPS) is 14.2. The molecule has 1 rings (SSSR count). The Morgan fingerprint density at radius 1 is 1.53 bits per heavy atom. The minimum atomic E-state index is -0.857. The highest BCUT2D eigenvalue weighted by Gasteiger charge is 2.25. The van der Waals surface area contributed by atoms with Crippen molar-refractivity contribution in [1.82, 2.24) is 10.3 Å². The Bertz CT molecular complexity index is 394. The van der Waals surface area contributed by atoms with Gasteiger partial charge in [-0.1, -0.05) is 19.9 Å². The Morgan fingerprint density at radius 3 is 2.84 bits per heavy atom. The summed E-state index contributed by atoms with van der Waals surface area (Å²) >= 11 is 1.55. The fourth-order valence-corrected chi connectivity index (χ4v) is 2.06. The van der Waals surface area contributed by atoms with E-state index in [1.165, 1.54) is 0 Å². The van der Waals surface area contributed by atoms with Crippen LogP contribution in [0.5, 0.6) is 0 Å². The summed E-state index contributed by atoms with van der Waals surface area (Å²) < 4.78 is 0. The van der Waals surface area contributed by atoms with Gasteiger partial charge in [0.2, 0.25) is 5.91 Å². The van der Waals surface area contributed by atoms with Crippen molar-refractivity contribution in [2.45, 2.75) is 37.8 Å². The number of aliphatic hydroxyl groups is 1. The molecule has 0 aliphatic heterocycles. The van der Waals surface area contributed by atoms with Crippen LogP contribution in [0.4, 0.5) is 0 Å². The molecular formula is C14H22N2O2S. The van der Waals surface area contributed by atoms with E-state index in [2.05, 4.69) is 10.3 Å². The highest BCUT2D eigenvalue weighted by molar-refractivity contribution is 7.99. The summed E-state index contributed by atoms with van der Waals surface area (Å²) in [5.74, 6) is 0.757. The number of carbonyl (C=O) groups is 1. The van der Waals surface area contributed by atoms with Crippen molar-refractivity contribution in [1.29, 1.82) is 0 Å². The van der Waals surface area contributed by atoms with Crippen molar-refractivity contribution >= 4 is 17.7 Å². The van der Waals surface area contributed by atoms with E-state index in [1.807, 2.05) is 32.0 Å². The number of thioether (sulfide) groups is 1. The molecule has 0 fully saturated rings. The van der Waals surface area contributed by atoms with Gasteiger partial charge < -0.3 is 10.4 Å². The molecule has 106 valence electrons. The molecule has 1 aromatic heterocycles. The number of carbonyl (C=O) groups excluding carboxylic acids is 1. The summed E-state index contributed by atoms with van der Waals surface area (Å²) in [6, 6.07) is 5.71. The Balaban J connectivity index is 2.22. The average molecular weight is 282 g/mol. The zero-order valence-corrected chi connectivity index (χ0v) is 12.5.